The number of hydrogen-bond donors (Lipinski definition) is 1. The Kier molecular flexibility index (Phi) is 4.54. The number of anilines is 1. The molecular weight excluding hydrogens is 327 g/mol. The van der Waals surface area contributed by atoms with Crippen molar-refractivity contribution in [3.63, 3.8) is 0 Å². The third kappa shape index (κ3) is 3.67. The summed E-state index contributed by atoms with van der Waals surface area (Å²) in [6.45, 7) is 2.92. The number of carbonyl (C=O) groups excluding carboxylic acids is 1. The molecule has 1 N–H and O–H groups in total. The van der Waals surface area contributed by atoms with Gasteiger partial charge in [-0.3, -0.25) is 14.9 Å². The highest BCUT2D eigenvalue weighted by atomic mass is 19.4. The molecule has 9 heteroatoms. The van der Waals surface area contributed by atoms with Gasteiger partial charge in [-0.15, -0.1) is 0 Å². The molecule has 0 atom stereocenters. The van der Waals surface area contributed by atoms with E-state index in [0.717, 1.165) is 6.07 Å². The van der Waals surface area contributed by atoms with E-state index in [9.17, 15) is 28.1 Å². The lowest BCUT2D eigenvalue weighted by atomic mass is 10.1. The first-order chi connectivity index (χ1) is 11.1. The second kappa shape index (κ2) is 6.26. The molecule has 0 unspecified atom stereocenters. The molecule has 1 heterocycles. The van der Waals surface area contributed by atoms with Crippen molar-refractivity contribution < 1.29 is 22.9 Å². The van der Waals surface area contributed by atoms with Crippen LogP contribution in [0, 0.1) is 24.0 Å². The highest BCUT2D eigenvalue weighted by Gasteiger charge is 2.33. The number of amides is 1. The molecule has 6 nitrogen and oxygen atoms in total. The van der Waals surface area contributed by atoms with Crippen molar-refractivity contribution in [2.24, 2.45) is 0 Å². The number of aryl methyl sites for hydroxylation is 2. The minimum Gasteiger partial charge on any atom is -0.321 e. The van der Waals surface area contributed by atoms with E-state index in [1.807, 2.05) is 0 Å². The minimum absolute atomic E-state index is 0.0473. The Bertz CT molecular complexity index is 819. The molecule has 0 saturated heterocycles. The average Bonchev–Trinajstić information content (AvgIpc) is 2.48. The number of aromatic nitrogens is 1. The van der Waals surface area contributed by atoms with Crippen LogP contribution in [0.3, 0.4) is 0 Å². The predicted octanol–water partition coefficient (Wildman–Crippen LogP) is 3.88. The lowest BCUT2D eigenvalue weighted by molar-refractivity contribution is -0.384. The molecule has 1 amide bonds. The van der Waals surface area contributed by atoms with E-state index in [1.165, 1.54) is 25.1 Å². The molecule has 0 fully saturated rings. The quantitative estimate of drug-likeness (QED) is 0.679. The predicted molar refractivity (Wildman–Crippen MR) is 79.8 cm³/mol. The Morgan fingerprint density at radius 1 is 1.21 bits per heavy atom. The van der Waals surface area contributed by atoms with Gasteiger partial charge in [0.15, 0.2) is 0 Å². The van der Waals surface area contributed by atoms with E-state index >= 15 is 0 Å². The fraction of sp³-hybridized carbons (Fsp3) is 0.200. The third-order valence-corrected chi connectivity index (χ3v) is 3.30. The lowest BCUT2D eigenvalue weighted by Gasteiger charge is -2.11. The maximum absolute atomic E-state index is 12.6. The molecule has 0 bridgehead atoms. The van der Waals surface area contributed by atoms with Crippen LogP contribution in [0.15, 0.2) is 30.3 Å². The van der Waals surface area contributed by atoms with Crippen LogP contribution in [-0.2, 0) is 6.18 Å². The molecule has 2 aromatic rings. The van der Waals surface area contributed by atoms with E-state index in [2.05, 4.69) is 10.3 Å². The monoisotopic (exact) mass is 339 g/mol. The summed E-state index contributed by atoms with van der Waals surface area (Å²) in [6.07, 6.45) is -4.60. The van der Waals surface area contributed by atoms with Gasteiger partial charge in [0.25, 0.3) is 11.6 Å². The number of nitrogens with one attached hydrogen (secondary N) is 1. The second-order valence-electron chi connectivity index (χ2n) is 5.04. The third-order valence-electron chi connectivity index (χ3n) is 3.30. The van der Waals surface area contributed by atoms with Gasteiger partial charge in [-0.2, -0.15) is 13.2 Å². The Hall–Kier alpha value is -2.97. The summed E-state index contributed by atoms with van der Waals surface area (Å²) in [7, 11) is 0. The molecule has 0 aliphatic rings. The lowest BCUT2D eigenvalue weighted by Crippen LogP contribution is -2.17. The number of carbonyl (C=O) groups is 1. The Balaban J connectivity index is 2.31. The van der Waals surface area contributed by atoms with Crippen LogP contribution in [0.2, 0.25) is 0 Å². The molecule has 1 aromatic carbocycles. The maximum atomic E-state index is 12.6. The van der Waals surface area contributed by atoms with Crippen LogP contribution in [-0.4, -0.2) is 15.8 Å². The SMILES string of the molecule is Cc1ccc([N+](=O)[O-])cc1NC(=O)c1ccc(C(F)(F)F)nc1C. The summed E-state index contributed by atoms with van der Waals surface area (Å²) in [4.78, 5) is 25.8. The van der Waals surface area contributed by atoms with Crippen molar-refractivity contribution in [2.45, 2.75) is 20.0 Å². The van der Waals surface area contributed by atoms with Gasteiger partial charge in [-0.1, -0.05) is 6.07 Å². The van der Waals surface area contributed by atoms with Crippen molar-refractivity contribution in [1.82, 2.24) is 4.98 Å². The van der Waals surface area contributed by atoms with E-state index in [-0.39, 0.29) is 22.6 Å². The smallest absolute Gasteiger partial charge is 0.321 e. The van der Waals surface area contributed by atoms with E-state index < -0.39 is 22.7 Å². The Labute approximate surface area is 134 Å². The number of non-ortho nitro benzene ring substituents is 1. The largest absolute Gasteiger partial charge is 0.433 e. The van der Waals surface area contributed by atoms with Gasteiger partial charge >= 0.3 is 6.18 Å². The van der Waals surface area contributed by atoms with Crippen LogP contribution in [0.1, 0.15) is 27.3 Å². The molecule has 24 heavy (non-hydrogen) atoms. The topological polar surface area (TPSA) is 85.1 Å². The van der Waals surface area contributed by atoms with Gasteiger partial charge in [-0.25, -0.2) is 4.98 Å². The zero-order chi connectivity index (χ0) is 18.1. The molecule has 0 aliphatic heterocycles. The van der Waals surface area contributed by atoms with Crippen LogP contribution in [0.5, 0.6) is 0 Å². The molecule has 0 saturated carbocycles. The number of pyridine rings is 1. The summed E-state index contributed by atoms with van der Waals surface area (Å²) in [5, 5.41) is 13.2. The summed E-state index contributed by atoms with van der Waals surface area (Å²) >= 11 is 0. The molecule has 1 aromatic heterocycles. The van der Waals surface area contributed by atoms with Gasteiger partial charge < -0.3 is 5.32 Å². The highest BCUT2D eigenvalue weighted by Crippen LogP contribution is 2.28. The first kappa shape index (κ1) is 17.4. The number of nitro benzene ring substituents is 1. The Morgan fingerprint density at radius 3 is 2.42 bits per heavy atom. The van der Waals surface area contributed by atoms with Gasteiger partial charge in [0.05, 0.1) is 21.9 Å². The van der Waals surface area contributed by atoms with Gasteiger partial charge in [0, 0.05) is 12.1 Å². The fourth-order valence-electron chi connectivity index (χ4n) is 2.01. The standard InChI is InChI=1S/C15H12F3N3O3/c1-8-3-4-10(21(23)24)7-12(8)20-14(22)11-5-6-13(15(16,17)18)19-9(11)2/h3-7H,1-2H3,(H,20,22). The second-order valence-corrected chi connectivity index (χ2v) is 5.04. The molecule has 126 valence electrons. The molecular formula is C15H12F3N3O3. The summed E-state index contributed by atoms with van der Waals surface area (Å²) in [5.41, 5.74) is -0.666. The number of alkyl halides is 3. The van der Waals surface area contributed by atoms with Crippen LogP contribution >= 0.6 is 0 Å². The van der Waals surface area contributed by atoms with Crippen molar-refractivity contribution in [1.29, 1.82) is 0 Å². The average molecular weight is 339 g/mol. The van der Waals surface area contributed by atoms with Gasteiger partial charge in [-0.05, 0) is 31.5 Å². The zero-order valence-electron chi connectivity index (χ0n) is 12.6. The summed E-state index contributed by atoms with van der Waals surface area (Å²) in [5.74, 6) is -0.697. The summed E-state index contributed by atoms with van der Waals surface area (Å²) < 4.78 is 37.8. The van der Waals surface area contributed by atoms with Crippen molar-refractivity contribution in [3.05, 3.63) is 63.0 Å². The number of hydrogen-bond acceptors (Lipinski definition) is 4. The number of benzene rings is 1. The van der Waals surface area contributed by atoms with Crippen LogP contribution < -0.4 is 5.32 Å². The van der Waals surface area contributed by atoms with Crippen LogP contribution in [0.25, 0.3) is 0 Å². The number of nitrogens with zero attached hydrogens (tertiary/aromatic N) is 2. The summed E-state index contributed by atoms with van der Waals surface area (Å²) in [6, 6.07) is 5.66. The zero-order valence-corrected chi connectivity index (χ0v) is 12.6. The first-order valence-electron chi connectivity index (χ1n) is 6.71. The van der Waals surface area contributed by atoms with Gasteiger partial charge in [0.1, 0.15) is 5.69 Å². The first-order valence-corrected chi connectivity index (χ1v) is 6.71. The molecule has 2 rings (SSSR count). The van der Waals surface area contributed by atoms with Crippen molar-refractivity contribution >= 4 is 17.3 Å². The van der Waals surface area contributed by atoms with E-state index in [1.54, 1.807) is 6.92 Å². The molecule has 0 spiro atoms. The molecule has 0 aliphatic carbocycles. The Morgan fingerprint density at radius 2 is 1.88 bits per heavy atom. The highest BCUT2D eigenvalue weighted by molar-refractivity contribution is 6.05. The van der Waals surface area contributed by atoms with E-state index in [4.69, 9.17) is 0 Å². The normalized spacial score (nSPS) is 11.2. The fourth-order valence-corrected chi connectivity index (χ4v) is 2.01. The van der Waals surface area contributed by atoms with E-state index in [0.29, 0.717) is 11.6 Å². The van der Waals surface area contributed by atoms with Crippen molar-refractivity contribution in [3.8, 4) is 0 Å². The maximum Gasteiger partial charge on any atom is 0.433 e. The number of nitro groups is 1. The van der Waals surface area contributed by atoms with Crippen molar-refractivity contribution in [2.75, 3.05) is 5.32 Å². The number of halogens is 3. The van der Waals surface area contributed by atoms with Crippen LogP contribution in [0.4, 0.5) is 24.5 Å². The minimum atomic E-state index is -4.60. The number of rotatable bonds is 3. The molecule has 0 radical (unpaired) electrons. The van der Waals surface area contributed by atoms with Gasteiger partial charge in [0.2, 0.25) is 0 Å².